The maximum Gasteiger partial charge on any atom is 0.249 e. The first-order valence-corrected chi connectivity index (χ1v) is 12.1. The normalized spacial score (nSPS) is 36.1. The fraction of sp³-hybridized carbons (Fsp3) is 0.720. The van der Waals surface area contributed by atoms with Gasteiger partial charge in [0.15, 0.2) is 0 Å². The van der Waals surface area contributed by atoms with E-state index in [1.54, 1.807) is 9.80 Å². The van der Waals surface area contributed by atoms with Crippen LogP contribution >= 0.6 is 0 Å². The van der Waals surface area contributed by atoms with Gasteiger partial charge >= 0.3 is 0 Å². The highest BCUT2D eigenvalue weighted by molar-refractivity contribution is 6.00. The van der Waals surface area contributed by atoms with Crippen molar-refractivity contribution in [1.82, 2.24) is 14.7 Å². The molecule has 8 nitrogen and oxygen atoms in total. The summed E-state index contributed by atoms with van der Waals surface area (Å²) in [5.41, 5.74) is -2.66. The Kier molecular flexibility index (Phi) is 5.98. The molecule has 2 saturated heterocycles. The number of hydrogen-bond acceptors (Lipinski definition) is 5. The van der Waals surface area contributed by atoms with Crippen molar-refractivity contribution in [2.45, 2.75) is 70.2 Å². The number of fused-ring (bicyclic) bond motifs is 2. The maximum atomic E-state index is 14.0. The van der Waals surface area contributed by atoms with Crippen molar-refractivity contribution in [1.29, 1.82) is 0 Å². The molecule has 1 spiro atoms. The van der Waals surface area contributed by atoms with Crippen LogP contribution in [0.3, 0.4) is 0 Å². The van der Waals surface area contributed by atoms with E-state index in [0.717, 1.165) is 6.42 Å². The van der Waals surface area contributed by atoms with Gasteiger partial charge in [-0.2, -0.15) is 0 Å². The SMILES string of the molecule is CCCN1CC=C[C@]2(CC)O[C@]34C=CCN(C(C)(C)C)C(=O)C3N(CCO)C(=O)[C@@H]4[C@@H]2C1=O. The van der Waals surface area contributed by atoms with E-state index in [4.69, 9.17) is 4.74 Å². The third-order valence-corrected chi connectivity index (χ3v) is 7.67. The van der Waals surface area contributed by atoms with Crippen LogP contribution in [0.15, 0.2) is 24.3 Å². The highest BCUT2D eigenvalue weighted by Gasteiger charge is 2.75. The van der Waals surface area contributed by atoms with Crippen molar-refractivity contribution in [3.05, 3.63) is 24.3 Å². The van der Waals surface area contributed by atoms with E-state index >= 15 is 0 Å². The Balaban J connectivity index is 1.90. The van der Waals surface area contributed by atoms with Gasteiger partial charge in [-0.3, -0.25) is 14.4 Å². The van der Waals surface area contributed by atoms with E-state index in [1.807, 2.05) is 58.9 Å². The standard InChI is InChI=1S/C25H37N3O5/c1-6-12-26-13-8-10-24(7-2)17(20(26)30)18-21(31)27(15-16-29)19-22(32)28(23(3,4)5)14-9-11-25(18,19)33-24/h8-11,17-19,29H,6-7,12-16H2,1-5H3/t17-,18+,19?,24+,25+/m1/s1. The van der Waals surface area contributed by atoms with Gasteiger partial charge in [-0.25, -0.2) is 0 Å². The molecule has 2 fully saturated rings. The summed E-state index contributed by atoms with van der Waals surface area (Å²) < 4.78 is 6.84. The third kappa shape index (κ3) is 3.36. The summed E-state index contributed by atoms with van der Waals surface area (Å²) in [6.45, 7) is 11.1. The molecule has 4 aliphatic heterocycles. The van der Waals surface area contributed by atoms with Crippen LogP contribution in [-0.2, 0) is 19.1 Å². The van der Waals surface area contributed by atoms with Gasteiger partial charge in [0.05, 0.1) is 24.0 Å². The molecule has 1 unspecified atom stereocenters. The first-order chi connectivity index (χ1) is 15.6. The summed E-state index contributed by atoms with van der Waals surface area (Å²) in [4.78, 5) is 46.8. The highest BCUT2D eigenvalue weighted by Crippen LogP contribution is 2.58. The molecule has 4 aliphatic rings. The van der Waals surface area contributed by atoms with E-state index in [-0.39, 0.29) is 30.9 Å². The molecule has 0 bridgehead atoms. The molecule has 182 valence electrons. The number of β-amino-alcohol motifs (C(OH)–C–C–N with tert-alkyl or cyclic N) is 1. The average molecular weight is 460 g/mol. The van der Waals surface area contributed by atoms with Crippen molar-refractivity contribution in [2.24, 2.45) is 11.8 Å². The molecule has 4 heterocycles. The minimum absolute atomic E-state index is 0.0250. The van der Waals surface area contributed by atoms with Gasteiger partial charge in [0.2, 0.25) is 17.7 Å². The number of aliphatic hydroxyl groups is 1. The Morgan fingerprint density at radius 3 is 2.30 bits per heavy atom. The van der Waals surface area contributed by atoms with E-state index < -0.39 is 34.6 Å². The molecule has 33 heavy (non-hydrogen) atoms. The van der Waals surface area contributed by atoms with Gasteiger partial charge in [0, 0.05) is 31.7 Å². The van der Waals surface area contributed by atoms with Crippen molar-refractivity contribution in [3.8, 4) is 0 Å². The minimum atomic E-state index is -1.25. The van der Waals surface area contributed by atoms with Gasteiger partial charge in [0.25, 0.3) is 0 Å². The van der Waals surface area contributed by atoms with Gasteiger partial charge in [-0.1, -0.05) is 38.2 Å². The van der Waals surface area contributed by atoms with Crippen LogP contribution in [0.2, 0.25) is 0 Å². The lowest BCUT2D eigenvalue weighted by Crippen LogP contribution is -2.59. The fourth-order valence-electron chi connectivity index (χ4n) is 6.23. The molecular weight excluding hydrogens is 422 g/mol. The number of ether oxygens (including phenoxy) is 1. The average Bonchev–Trinajstić information content (AvgIpc) is 3.03. The van der Waals surface area contributed by atoms with Crippen LogP contribution in [0.5, 0.6) is 0 Å². The molecule has 0 aromatic carbocycles. The summed E-state index contributed by atoms with van der Waals surface area (Å²) >= 11 is 0. The monoisotopic (exact) mass is 459 g/mol. The topological polar surface area (TPSA) is 90.4 Å². The Labute approximate surface area is 196 Å². The Morgan fingerprint density at radius 2 is 1.70 bits per heavy atom. The van der Waals surface area contributed by atoms with E-state index in [0.29, 0.717) is 26.1 Å². The summed E-state index contributed by atoms with van der Waals surface area (Å²) in [5, 5.41) is 9.75. The number of amides is 3. The number of aliphatic hydroxyl groups excluding tert-OH is 1. The number of nitrogens with zero attached hydrogens (tertiary/aromatic N) is 3. The molecule has 0 aromatic heterocycles. The second kappa shape index (κ2) is 8.24. The van der Waals surface area contributed by atoms with Crippen molar-refractivity contribution in [2.75, 3.05) is 32.8 Å². The van der Waals surface area contributed by atoms with Crippen LogP contribution in [0, 0.1) is 11.8 Å². The first kappa shape index (κ1) is 24.0. The number of likely N-dealkylation sites (tertiary alicyclic amines) is 1. The quantitative estimate of drug-likeness (QED) is 0.627. The van der Waals surface area contributed by atoms with Crippen molar-refractivity contribution in [3.63, 3.8) is 0 Å². The largest absolute Gasteiger partial charge is 0.395 e. The van der Waals surface area contributed by atoms with Crippen LogP contribution in [0.1, 0.15) is 47.5 Å². The van der Waals surface area contributed by atoms with Gasteiger partial charge in [0.1, 0.15) is 11.6 Å². The molecule has 3 amide bonds. The predicted octanol–water partition coefficient (Wildman–Crippen LogP) is 1.35. The number of carbonyl (C=O) groups excluding carboxylic acids is 3. The Morgan fingerprint density at radius 1 is 1.00 bits per heavy atom. The van der Waals surface area contributed by atoms with Gasteiger partial charge < -0.3 is 24.5 Å². The fourth-order valence-corrected chi connectivity index (χ4v) is 6.23. The molecular formula is C25H37N3O5. The van der Waals surface area contributed by atoms with Crippen molar-refractivity contribution < 1.29 is 24.2 Å². The number of carbonyl (C=O) groups is 3. The molecule has 4 rings (SSSR count). The molecule has 8 heteroatoms. The third-order valence-electron chi connectivity index (χ3n) is 7.67. The Bertz CT molecular complexity index is 893. The zero-order chi connectivity index (χ0) is 24.2. The summed E-state index contributed by atoms with van der Waals surface area (Å²) in [6, 6.07) is -0.920. The van der Waals surface area contributed by atoms with Crippen molar-refractivity contribution >= 4 is 17.7 Å². The van der Waals surface area contributed by atoms with Crippen LogP contribution in [0.4, 0.5) is 0 Å². The lowest BCUT2D eigenvalue weighted by molar-refractivity contribution is -0.156. The minimum Gasteiger partial charge on any atom is -0.395 e. The second-order valence-electron chi connectivity index (χ2n) is 10.6. The number of hydrogen-bond donors (Lipinski definition) is 1. The molecule has 0 saturated carbocycles. The molecule has 0 radical (unpaired) electrons. The van der Waals surface area contributed by atoms with E-state index in [1.165, 1.54) is 4.90 Å². The maximum absolute atomic E-state index is 14.0. The van der Waals surface area contributed by atoms with Gasteiger partial charge in [-0.15, -0.1) is 0 Å². The van der Waals surface area contributed by atoms with Crippen LogP contribution < -0.4 is 0 Å². The highest BCUT2D eigenvalue weighted by atomic mass is 16.5. The number of rotatable bonds is 5. The Hall–Kier alpha value is -2.19. The zero-order valence-electron chi connectivity index (χ0n) is 20.4. The van der Waals surface area contributed by atoms with E-state index in [2.05, 4.69) is 0 Å². The summed E-state index contributed by atoms with van der Waals surface area (Å²) in [5.74, 6) is -2.13. The van der Waals surface area contributed by atoms with E-state index in [9.17, 15) is 19.5 Å². The lowest BCUT2D eigenvalue weighted by Gasteiger charge is -2.41. The van der Waals surface area contributed by atoms with Crippen LogP contribution in [0.25, 0.3) is 0 Å². The molecule has 0 aromatic rings. The smallest absolute Gasteiger partial charge is 0.249 e. The predicted molar refractivity (Wildman–Crippen MR) is 123 cm³/mol. The molecule has 5 atom stereocenters. The summed E-state index contributed by atoms with van der Waals surface area (Å²) in [7, 11) is 0. The second-order valence-corrected chi connectivity index (χ2v) is 10.6. The van der Waals surface area contributed by atoms with Gasteiger partial charge in [-0.05, 0) is 33.6 Å². The molecule has 0 aliphatic carbocycles. The molecule has 1 N–H and O–H groups in total. The first-order valence-electron chi connectivity index (χ1n) is 12.1. The zero-order valence-corrected chi connectivity index (χ0v) is 20.4. The lowest BCUT2D eigenvalue weighted by atomic mass is 9.73. The summed E-state index contributed by atoms with van der Waals surface area (Å²) in [6.07, 6.45) is 9.00. The van der Waals surface area contributed by atoms with Crippen LogP contribution in [-0.4, -0.2) is 93.1 Å².